The van der Waals surface area contributed by atoms with Crippen molar-refractivity contribution in [3.05, 3.63) is 0 Å². The zero-order valence-electron chi connectivity index (χ0n) is 8.26. The van der Waals surface area contributed by atoms with E-state index in [2.05, 4.69) is 6.92 Å². The van der Waals surface area contributed by atoms with Crippen LogP contribution in [0.4, 0.5) is 4.39 Å². The van der Waals surface area contributed by atoms with Gasteiger partial charge >= 0.3 is 5.97 Å². The van der Waals surface area contributed by atoms with Crippen molar-refractivity contribution < 1.29 is 14.3 Å². The third kappa shape index (κ3) is 9.31. The fourth-order valence-electron chi connectivity index (χ4n) is 1.33. The van der Waals surface area contributed by atoms with Gasteiger partial charge in [0.05, 0.1) is 6.67 Å². The van der Waals surface area contributed by atoms with Gasteiger partial charge in [0, 0.05) is 6.42 Å². The summed E-state index contributed by atoms with van der Waals surface area (Å²) in [7, 11) is 0. The van der Waals surface area contributed by atoms with Gasteiger partial charge in [0.15, 0.2) is 0 Å². The van der Waals surface area contributed by atoms with Gasteiger partial charge < -0.3 is 5.11 Å². The molecule has 13 heavy (non-hydrogen) atoms. The minimum absolute atomic E-state index is 0.234. The molecule has 0 aromatic rings. The van der Waals surface area contributed by atoms with Crippen LogP contribution in [-0.4, -0.2) is 17.8 Å². The van der Waals surface area contributed by atoms with Crippen LogP contribution < -0.4 is 0 Å². The molecule has 1 N–H and O–H groups in total. The molecule has 0 saturated heterocycles. The average Bonchev–Trinajstić information content (AvgIpc) is 2.04. The van der Waals surface area contributed by atoms with E-state index in [0.29, 0.717) is 12.3 Å². The molecule has 1 atom stereocenters. The molecular weight excluding hydrogens is 171 g/mol. The van der Waals surface area contributed by atoms with Crippen LogP contribution in [0.1, 0.15) is 45.4 Å². The van der Waals surface area contributed by atoms with Gasteiger partial charge in [-0.1, -0.05) is 26.2 Å². The Hall–Kier alpha value is -0.600. The summed E-state index contributed by atoms with van der Waals surface area (Å²) in [6, 6.07) is 0. The van der Waals surface area contributed by atoms with Crippen molar-refractivity contribution in [2.24, 2.45) is 5.92 Å². The van der Waals surface area contributed by atoms with E-state index in [1.54, 1.807) is 0 Å². The Morgan fingerprint density at radius 3 is 2.46 bits per heavy atom. The van der Waals surface area contributed by atoms with E-state index in [-0.39, 0.29) is 13.1 Å². The number of aliphatic carboxylic acids is 1. The highest BCUT2D eigenvalue weighted by molar-refractivity contribution is 5.66. The van der Waals surface area contributed by atoms with Crippen molar-refractivity contribution in [2.45, 2.75) is 45.4 Å². The van der Waals surface area contributed by atoms with Crippen LogP contribution in [0.2, 0.25) is 0 Å². The molecule has 0 fully saturated rings. The molecule has 0 rings (SSSR count). The van der Waals surface area contributed by atoms with Gasteiger partial charge in [0.1, 0.15) is 0 Å². The van der Waals surface area contributed by atoms with Crippen LogP contribution in [0.5, 0.6) is 0 Å². The maximum absolute atomic E-state index is 11.7. The van der Waals surface area contributed by atoms with Gasteiger partial charge in [-0.25, -0.2) is 0 Å². The van der Waals surface area contributed by atoms with Crippen molar-refractivity contribution in [1.29, 1.82) is 0 Å². The lowest BCUT2D eigenvalue weighted by Gasteiger charge is -2.08. The summed E-state index contributed by atoms with van der Waals surface area (Å²) in [5, 5.41) is 8.39. The minimum atomic E-state index is -0.726. The lowest BCUT2D eigenvalue weighted by atomic mass is 9.98. The highest BCUT2D eigenvalue weighted by Gasteiger charge is 2.03. The Kier molecular flexibility index (Phi) is 7.65. The summed E-state index contributed by atoms with van der Waals surface area (Å²) in [6.45, 7) is 1.86. The zero-order chi connectivity index (χ0) is 10.1. The molecule has 0 aromatic heterocycles. The first-order valence-corrected chi connectivity index (χ1v) is 4.94. The van der Waals surface area contributed by atoms with Gasteiger partial charge in [-0.3, -0.25) is 9.18 Å². The maximum Gasteiger partial charge on any atom is 0.303 e. The Bertz CT molecular complexity index is 137. The number of rotatable bonds is 8. The van der Waals surface area contributed by atoms with Crippen LogP contribution >= 0.6 is 0 Å². The second-order valence-electron chi connectivity index (χ2n) is 3.58. The number of hydrogen-bond donors (Lipinski definition) is 1. The van der Waals surface area contributed by atoms with E-state index < -0.39 is 5.97 Å². The molecule has 78 valence electrons. The first kappa shape index (κ1) is 12.4. The molecule has 0 bridgehead atoms. The molecule has 0 aliphatic rings. The van der Waals surface area contributed by atoms with E-state index in [4.69, 9.17) is 5.11 Å². The summed E-state index contributed by atoms with van der Waals surface area (Å²) in [5.41, 5.74) is 0. The van der Waals surface area contributed by atoms with E-state index in [9.17, 15) is 9.18 Å². The van der Waals surface area contributed by atoms with Gasteiger partial charge in [-0.2, -0.15) is 0 Å². The van der Waals surface area contributed by atoms with Crippen LogP contribution in [0.25, 0.3) is 0 Å². The van der Waals surface area contributed by atoms with Gasteiger partial charge in [-0.05, 0) is 18.8 Å². The molecular formula is C10H19FO2. The monoisotopic (exact) mass is 190 g/mol. The summed E-state index contributed by atoms with van der Waals surface area (Å²) >= 11 is 0. The largest absolute Gasteiger partial charge is 0.481 e. The Labute approximate surface area is 79.1 Å². The van der Waals surface area contributed by atoms with Crippen LogP contribution in [0.3, 0.4) is 0 Å². The molecule has 0 amide bonds. The maximum atomic E-state index is 11.7. The summed E-state index contributed by atoms with van der Waals surface area (Å²) in [4.78, 5) is 10.2. The molecule has 0 radical (unpaired) electrons. The molecule has 0 saturated carbocycles. The van der Waals surface area contributed by atoms with Crippen LogP contribution in [0, 0.1) is 5.92 Å². The quantitative estimate of drug-likeness (QED) is 0.597. The SMILES string of the molecule is CC(CCCCF)CCCC(=O)O. The van der Waals surface area contributed by atoms with Crippen molar-refractivity contribution in [2.75, 3.05) is 6.67 Å². The topological polar surface area (TPSA) is 37.3 Å². The van der Waals surface area contributed by atoms with Crippen molar-refractivity contribution >= 4 is 5.97 Å². The first-order chi connectivity index (χ1) is 6.16. The Morgan fingerprint density at radius 1 is 1.31 bits per heavy atom. The number of carboxylic acids is 1. The van der Waals surface area contributed by atoms with Gasteiger partial charge in [0.25, 0.3) is 0 Å². The molecule has 1 unspecified atom stereocenters. The Balaban J connectivity index is 3.19. The highest BCUT2D eigenvalue weighted by Crippen LogP contribution is 2.14. The Morgan fingerprint density at radius 2 is 1.92 bits per heavy atom. The fraction of sp³-hybridized carbons (Fsp3) is 0.900. The third-order valence-corrected chi connectivity index (χ3v) is 2.17. The lowest BCUT2D eigenvalue weighted by molar-refractivity contribution is -0.137. The first-order valence-electron chi connectivity index (χ1n) is 4.94. The standard InChI is InChI=1S/C10H19FO2/c1-9(5-2-3-8-11)6-4-7-10(12)13/h9H,2-8H2,1H3,(H,12,13). The molecule has 0 heterocycles. The molecule has 0 spiro atoms. The van der Waals surface area contributed by atoms with Crippen LogP contribution in [-0.2, 0) is 4.79 Å². The second kappa shape index (κ2) is 8.02. The summed E-state index contributed by atoms with van der Waals surface area (Å²) < 4.78 is 11.7. The number of carbonyl (C=O) groups is 1. The minimum Gasteiger partial charge on any atom is -0.481 e. The highest BCUT2D eigenvalue weighted by atomic mass is 19.1. The molecule has 3 heteroatoms. The van der Waals surface area contributed by atoms with E-state index in [1.165, 1.54) is 0 Å². The fourth-order valence-corrected chi connectivity index (χ4v) is 1.33. The molecule has 0 aromatic carbocycles. The lowest BCUT2D eigenvalue weighted by Crippen LogP contribution is -1.99. The summed E-state index contributed by atoms with van der Waals surface area (Å²) in [6.07, 6.45) is 4.52. The van der Waals surface area contributed by atoms with Crippen LogP contribution in [0.15, 0.2) is 0 Å². The van der Waals surface area contributed by atoms with Crippen molar-refractivity contribution in [3.8, 4) is 0 Å². The predicted molar refractivity (Wildman–Crippen MR) is 50.5 cm³/mol. The van der Waals surface area contributed by atoms with E-state index >= 15 is 0 Å². The van der Waals surface area contributed by atoms with E-state index in [1.807, 2.05) is 0 Å². The molecule has 0 aliphatic carbocycles. The van der Waals surface area contributed by atoms with Gasteiger partial charge in [0.2, 0.25) is 0 Å². The smallest absolute Gasteiger partial charge is 0.303 e. The average molecular weight is 190 g/mol. The number of alkyl halides is 1. The number of halogens is 1. The van der Waals surface area contributed by atoms with Crippen molar-refractivity contribution in [1.82, 2.24) is 0 Å². The summed E-state index contributed by atoms with van der Waals surface area (Å²) in [5.74, 6) is -0.193. The van der Waals surface area contributed by atoms with Gasteiger partial charge in [-0.15, -0.1) is 0 Å². The molecule has 0 aliphatic heterocycles. The number of carboxylic acid groups (broad SMARTS) is 1. The second-order valence-corrected chi connectivity index (χ2v) is 3.58. The van der Waals surface area contributed by atoms with E-state index in [0.717, 1.165) is 25.7 Å². The third-order valence-electron chi connectivity index (χ3n) is 2.17. The zero-order valence-corrected chi connectivity index (χ0v) is 8.26. The number of hydrogen-bond acceptors (Lipinski definition) is 1. The van der Waals surface area contributed by atoms with Crippen molar-refractivity contribution in [3.63, 3.8) is 0 Å². The normalized spacial score (nSPS) is 12.8. The predicted octanol–water partition coefficient (Wildman–Crippen LogP) is 3.02. The number of unbranched alkanes of at least 4 members (excludes halogenated alkanes) is 1. The molecule has 2 nitrogen and oxygen atoms in total.